The highest BCUT2D eigenvalue weighted by molar-refractivity contribution is 6.30. The van der Waals surface area contributed by atoms with Gasteiger partial charge >= 0.3 is 0 Å². The zero-order valence-corrected chi connectivity index (χ0v) is 20.0. The molecule has 1 aliphatic heterocycles. The van der Waals surface area contributed by atoms with Gasteiger partial charge in [0.05, 0.1) is 25.1 Å². The van der Waals surface area contributed by atoms with Crippen LogP contribution in [-0.2, 0) is 4.74 Å². The lowest BCUT2D eigenvalue weighted by atomic mass is 10.1. The van der Waals surface area contributed by atoms with Gasteiger partial charge in [0.2, 0.25) is 0 Å². The van der Waals surface area contributed by atoms with Gasteiger partial charge < -0.3 is 19.7 Å². The average Bonchev–Trinajstić information content (AvgIpc) is 2.92. The molecule has 1 saturated heterocycles. The summed E-state index contributed by atoms with van der Waals surface area (Å²) in [5.41, 5.74) is 1.39. The van der Waals surface area contributed by atoms with Crippen molar-refractivity contribution in [2.24, 2.45) is 0 Å². The second kappa shape index (κ2) is 10.6. The predicted molar refractivity (Wildman–Crippen MR) is 138 cm³/mol. The number of rotatable bonds is 6. The Kier molecular flexibility index (Phi) is 6.97. The zero-order valence-electron chi connectivity index (χ0n) is 19.3. The van der Waals surface area contributed by atoms with E-state index in [1.807, 2.05) is 18.2 Å². The summed E-state index contributed by atoms with van der Waals surface area (Å²) in [6, 6.07) is 22.9. The number of ether oxygens (including phenoxy) is 2. The number of benzene rings is 3. The first-order chi connectivity index (χ1) is 17.6. The number of hydrogen-bond donors (Lipinski definition) is 1. The maximum atomic E-state index is 13.6. The fraction of sp³-hybridized carbons (Fsp3) is 0.148. The molecular weight excluding hydrogens is 480 g/mol. The molecule has 8 nitrogen and oxygen atoms in total. The monoisotopic (exact) mass is 502 g/mol. The van der Waals surface area contributed by atoms with Crippen molar-refractivity contribution in [1.29, 1.82) is 0 Å². The third kappa shape index (κ3) is 5.25. The maximum Gasteiger partial charge on any atom is 0.299 e. The second-order valence-corrected chi connectivity index (χ2v) is 8.54. The van der Waals surface area contributed by atoms with Crippen LogP contribution >= 0.6 is 11.6 Å². The molecule has 36 heavy (non-hydrogen) atoms. The highest BCUT2D eigenvalue weighted by Gasteiger charge is 2.20. The summed E-state index contributed by atoms with van der Waals surface area (Å²) >= 11 is 6.01. The van der Waals surface area contributed by atoms with Crippen LogP contribution in [0.3, 0.4) is 0 Å². The lowest BCUT2D eigenvalue weighted by Gasteiger charge is -2.27. The number of para-hydroxylation sites is 1. The summed E-state index contributed by atoms with van der Waals surface area (Å²) in [4.78, 5) is 28.3. The fourth-order valence-corrected chi connectivity index (χ4v) is 3.96. The molecule has 0 radical (unpaired) electrons. The van der Waals surface area contributed by atoms with E-state index in [2.05, 4.69) is 10.4 Å². The van der Waals surface area contributed by atoms with Crippen molar-refractivity contribution in [2.75, 3.05) is 31.6 Å². The minimum absolute atomic E-state index is 0.0870. The van der Waals surface area contributed by atoms with E-state index in [4.69, 9.17) is 21.1 Å². The Labute approximate surface area is 212 Å². The molecule has 2 heterocycles. The largest absolute Gasteiger partial charge is 0.453 e. The van der Waals surface area contributed by atoms with Gasteiger partial charge in [-0.15, -0.1) is 0 Å². The Morgan fingerprint density at radius 1 is 0.972 bits per heavy atom. The van der Waals surface area contributed by atoms with Gasteiger partial charge in [0.15, 0.2) is 11.4 Å². The number of hydrogen-bond acceptors (Lipinski definition) is 6. The van der Waals surface area contributed by atoms with Crippen LogP contribution in [-0.4, -0.2) is 46.9 Å². The Bertz CT molecular complexity index is 1420. The highest BCUT2D eigenvalue weighted by atomic mass is 35.5. The Morgan fingerprint density at radius 3 is 2.47 bits per heavy atom. The van der Waals surface area contributed by atoms with Crippen LogP contribution in [0.5, 0.6) is 11.5 Å². The number of aromatic nitrogens is 2. The van der Waals surface area contributed by atoms with Crippen molar-refractivity contribution in [2.45, 2.75) is 0 Å². The van der Waals surface area contributed by atoms with E-state index in [0.29, 0.717) is 54.0 Å². The van der Waals surface area contributed by atoms with E-state index in [9.17, 15) is 9.59 Å². The van der Waals surface area contributed by atoms with Crippen molar-refractivity contribution in [1.82, 2.24) is 14.7 Å². The minimum Gasteiger partial charge on any atom is -0.453 e. The molecule has 4 aromatic rings. The summed E-state index contributed by atoms with van der Waals surface area (Å²) in [7, 11) is 0. The molecule has 0 atom stereocenters. The molecule has 9 heteroatoms. The average molecular weight is 503 g/mol. The number of carbonyl (C=O) groups excluding carboxylic acids is 1. The normalized spacial score (nSPS) is 13.3. The molecule has 3 aromatic carbocycles. The number of anilines is 2. The highest BCUT2D eigenvalue weighted by Crippen LogP contribution is 2.29. The molecule has 1 fully saturated rings. The number of nitrogens with zero attached hydrogens (tertiary/aromatic N) is 3. The van der Waals surface area contributed by atoms with E-state index in [0.717, 1.165) is 0 Å². The standard InChI is InChI=1S/C27H23ClN4O4/c28-20-9-11-22(12-10-20)32-27(34)25(24(18-29-32)36-23-7-2-1-3-8-23)30-21-6-4-5-19(17-21)26(33)31-13-15-35-16-14-31/h1-12,17-18,30H,13-16H2. The first-order valence-corrected chi connectivity index (χ1v) is 11.8. The van der Waals surface area contributed by atoms with E-state index in [-0.39, 0.29) is 17.3 Å². The number of morpholine rings is 1. The third-order valence-corrected chi connectivity index (χ3v) is 5.91. The molecule has 0 saturated carbocycles. The maximum absolute atomic E-state index is 13.6. The van der Waals surface area contributed by atoms with Gasteiger partial charge in [0, 0.05) is 29.4 Å². The molecule has 1 N–H and O–H groups in total. The van der Waals surface area contributed by atoms with E-state index < -0.39 is 5.56 Å². The van der Waals surface area contributed by atoms with Crippen LogP contribution in [0.4, 0.5) is 11.4 Å². The fourth-order valence-electron chi connectivity index (χ4n) is 3.84. The van der Waals surface area contributed by atoms with Crippen LogP contribution in [0.15, 0.2) is 89.9 Å². The first kappa shape index (κ1) is 23.6. The van der Waals surface area contributed by atoms with Gasteiger partial charge in [-0.05, 0) is 54.6 Å². The molecular formula is C27H23ClN4O4. The molecule has 182 valence electrons. The Balaban J connectivity index is 1.51. The van der Waals surface area contributed by atoms with Crippen LogP contribution in [0, 0.1) is 0 Å². The van der Waals surface area contributed by atoms with Crippen molar-refractivity contribution >= 4 is 28.9 Å². The van der Waals surface area contributed by atoms with Crippen molar-refractivity contribution < 1.29 is 14.3 Å². The van der Waals surface area contributed by atoms with Crippen molar-refractivity contribution in [3.05, 3.63) is 106 Å². The zero-order chi connectivity index (χ0) is 24.9. The summed E-state index contributed by atoms with van der Waals surface area (Å²) < 4.78 is 12.6. The quantitative estimate of drug-likeness (QED) is 0.404. The topological polar surface area (TPSA) is 85.7 Å². The molecule has 0 aliphatic carbocycles. The summed E-state index contributed by atoms with van der Waals surface area (Å²) in [5.74, 6) is 0.722. The second-order valence-electron chi connectivity index (χ2n) is 8.10. The van der Waals surface area contributed by atoms with Crippen LogP contribution < -0.4 is 15.6 Å². The van der Waals surface area contributed by atoms with E-state index in [1.54, 1.807) is 65.6 Å². The SMILES string of the molecule is O=C(c1cccc(Nc2c(Oc3ccccc3)cnn(-c3ccc(Cl)cc3)c2=O)c1)N1CCOCC1. The van der Waals surface area contributed by atoms with Crippen molar-refractivity contribution in [3.8, 4) is 17.2 Å². The predicted octanol–water partition coefficient (Wildman–Crippen LogP) is 4.89. The summed E-state index contributed by atoms with van der Waals surface area (Å²) in [6.45, 7) is 2.12. The van der Waals surface area contributed by atoms with Crippen LogP contribution in [0.2, 0.25) is 5.02 Å². The number of halogens is 1. The molecule has 1 amide bonds. The molecule has 0 unspecified atom stereocenters. The van der Waals surface area contributed by atoms with Gasteiger partial charge in [0.25, 0.3) is 11.5 Å². The minimum atomic E-state index is -0.421. The molecule has 1 aliphatic rings. The smallest absolute Gasteiger partial charge is 0.299 e. The third-order valence-electron chi connectivity index (χ3n) is 5.66. The van der Waals surface area contributed by atoms with Crippen molar-refractivity contribution in [3.63, 3.8) is 0 Å². The molecule has 0 bridgehead atoms. The molecule has 0 spiro atoms. The molecule has 5 rings (SSSR count). The van der Waals surface area contributed by atoms with E-state index in [1.165, 1.54) is 10.9 Å². The van der Waals surface area contributed by atoms with E-state index >= 15 is 0 Å². The number of carbonyl (C=O) groups is 1. The number of amides is 1. The summed E-state index contributed by atoms with van der Waals surface area (Å²) in [6.07, 6.45) is 1.48. The Morgan fingerprint density at radius 2 is 1.72 bits per heavy atom. The summed E-state index contributed by atoms with van der Waals surface area (Å²) in [5, 5.41) is 8.02. The van der Waals surface area contributed by atoms with Gasteiger partial charge in [-0.3, -0.25) is 9.59 Å². The van der Waals surface area contributed by atoms with Gasteiger partial charge in [0.1, 0.15) is 5.75 Å². The lowest BCUT2D eigenvalue weighted by molar-refractivity contribution is 0.0303. The molecule has 1 aromatic heterocycles. The van der Waals surface area contributed by atoms with Gasteiger partial charge in [-0.1, -0.05) is 35.9 Å². The van der Waals surface area contributed by atoms with Crippen LogP contribution in [0.1, 0.15) is 10.4 Å². The van der Waals surface area contributed by atoms with Gasteiger partial charge in [-0.25, -0.2) is 0 Å². The number of nitrogens with one attached hydrogen (secondary N) is 1. The Hall–Kier alpha value is -4.14. The van der Waals surface area contributed by atoms with Gasteiger partial charge in [-0.2, -0.15) is 9.78 Å². The van der Waals surface area contributed by atoms with Crippen LogP contribution in [0.25, 0.3) is 5.69 Å². The lowest BCUT2D eigenvalue weighted by Crippen LogP contribution is -2.40. The first-order valence-electron chi connectivity index (χ1n) is 11.4.